The number of amides is 2. The minimum atomic E-state index is -1.16. The lowest BCUT2D eigenvalue weighted by Gasteiger charge is -2.14. The molecule has 8 heteroatoms. The SMILES string of the molecule is CCOc1ccc(NC2=CC(=O)N(CCO)C2=O)cc1C(=O)O. The molecule has 0 aliphatic carbocycles. The summed E-state index contributed by atoms with van der Waals surface area (Å²) in [5, 5.41) is 20.8. The first-order valence-corrected chi connectivity index (χ1v) is 6.93. The van der Waals surface area contributed by atoms with Crippen LogP contribution in [0.2, 0.25) is 0 Å². The third-order valence-corrected chi connectivity index (χ3v) is 3.12. The van der Waals surface area contributed by atoms with Gasteiger partial charge in [0.2, 0.25) is 0 Å². The number of carbonyl (C=O) groups excluding carboxylic acids is 2. The number of rotatable bonds is 7. The maximum absolute atomic E-state index is 12.0. The number of anilines is 1. The van der Waals surface area contributed by atoms with Crippen molar-refractivity contribution in [2.45, 2.75) is 6.92 Å². The van der Waals surface area contributed by atoms with Crippen molar-refractivity contribution in [2.24, 2.45) is 0 Å². The number of nitrogens with one attached hydrogen (secondary N) is 1. The normalized spacial score (nSPS) is 14.0. The van der Waals surface area contributed by atoms with Crippen molar-refractivity contribution < 1.29 is 29.3 Å². The second-order valence-electron chi connectivity index (χ2n) is 4.65. The van der Waals surface area contributed by atoms with Crippen LogP contribution in [0.15, 0.2) is 30.0 Å². The number of aliphatic hydroxyl groups is 1. The van der Waals surface area contributed by atoms with E-state index < -0.39 is 17.8 Å². The number of hydrogen-bond donors (Lipinski definition) is 3. The highest BCUT2D eigenvalue weighted by Gasteiger charge is 2.30. The van der Waals surface area contributed by atoms with Crippen molar-refractivity contribution in [1.29, 1.82) is 0 Å². The Balaban J connectivity index is 2.22. The summed E-state index contributed by atoms with van der Waals surface area (Å²) >= 11 is 0. The molecule has 0 spiro atoms. The number of benzene rings is 1. The number of hydrogen-bond acceptors (Lipinski definition) is 6. The number of aromatic carboxylic acids is 1. The Morgan fingerprint density at radius 2 is 2.09 bits per heavy atom. The van der Waals surface area contributed by atoms with Gasteiger partial charge in [-0.2, -0.15) is 0 Å². The Hall–Kier alpha value is -2.87. The van der Waals surface area contributed by atoms with E-state index in [0.29, 0.717) is 12.3 Å². The van der Waals surface area contributed by atoms with E-state index in [1.54, 1.807) is 13.0 Å². The Morgan fingerprint density at radius 3 is 2.70 bits per heavy atom. The highest BCUT2D eigenvalue weighted by Crippen LogP contribution is 2.25. The maximum Gasteiger partial charge on any atom is 0.339 e. The van der Waals surface area contributed by atoms with Gasteiger partial charge in [-0.25, -0.2) is 4.79 Å². The number of imide groups is 1. The molecule has 0 aromatic heterocycles. The average molecular weight is 320 g/mol. The number of carbonyl (C=O) groups is 3. The van der Waals surface area contributed by atoms with Crippen LogP contribution in [0.3, 0.4) is 0 Å². The Kier molecular flexibility index (Phi) is 4.97. The van der Waals surface area contributed by atoms with Crippen LogP contribution in [0, 0.1) is 0 Å². The summed E-state index contributed by atoms with van der Waals surface area (Å²) in [6.45, 7) is 1.64. The average Bonchev–Trinajstić information content (AvgIpc) is 2.77. The summed E-state index contributed by atoms with van der Waals surface area (Å²) in [6, 6.07) is 4.34. The summed E-state index contributed by atoms with van der Waals surface area (Å²) in [5.74, 6) is -2.05. The molecule has 0 saturated carbocycles. The Bertz CT molecular complexity index is 683. The molecule has 1 aliphatic rings. The molecule has 8 nitrogen and oxygen atoms in total. The van der Waals surface area contributed by atoms with Crippen LogP contribution in [-0.4, -0.2) is 52.7 Å². The second-order valence-corrected chi connectivity index (χ2v) is 4.65. The van der Waals surface area contributed by atoms with Gasteiger partial charge in [0.05, 0.1) is 19.8 Å². The predicted octanol–water partition coefficient (Wildman–Crippen LogP) is 0.440. The van der Waals surface area contributed by atoms with Crippen molar-refractivity contribution in [3.05, 3.63) is 35.5 Å². The first-order chi connectivity index (χ1) is 11.0. The molecule has 1 aromatic rings. The smallest absolute Gasteiger partial charge is 0.339 e. The van der Waals surface area contributed by atoms with Gasteiger partial charge in [0.15, 0.2) is 0 Å². The van der Waals surface area contributed by atoms with Crippen LogP contribution in [0.25, 0.3) is 0 Å². The van der Waals surface area contributed by atoms with Gasteiger partial charge < -0.3 is 20.3 Å². The fourth-order valence-electron chi connectivity index (χ4n) is 2.12. The minimum Gasteiger partial charge on any atom is -0.493 e. The van der Waals surface area contributed by atoms with Gasteiger partial charge >= 0.3 is 5.97 Å². The zero-order chi connectivity index (χ0) is 17.0. The van der Waals surface area contributed by atoms with Crippen LogP contribution in [0.4, 0.5) is 5.69 Å². The van der Waals surface area contributed by atoms with E-state index in [1.807, 2.05) is 0 Å². The summed E-state index contributed by atoms with van der Waals surface area (Å²) in [7, 11) is 0. The van der Waals surface area contributed by atoms with Gasteiger partial charge in [0.25, 0.3) is 11.8 Å². The summed E-state index contributed by atoms with van der Waals surface area (Å²) in [6.07, 6.45) is 1.11. The molecule has 122 valence electrons. The van der Waals surface area contributed by atoms with Gasteiger partial charge in [0.1, 0.15) is 17.0 Å². The quantitative estimate of drug-likeness (QED) is 0.624. The van der Waals surface area contributed by atoms with Gasteiger partial charge in [-0.05, 0) is 25.1 Å². The summed E-state index contributed by atoms with van der Waals surface area (Å²) < 4.78 is 5.23. The van der Waals surface area contributed by atoms with Crippen LogP contribution in [0.5, 0.6) is 5.75 Å². The molecular weight excluding hydrogens is 304 g/mol. The minimum absolute atomic E-state index is 0.0175. The zero-order valence-corrected chi connectivity index (χ0v) is 12.4. The van der Waals surface area contributed by atoms with Crippen molar-refractivity contribution in [2.75, 3.05) is 25.1 Å². The lowest BCUT2D eigenvalue weighted by molar-refractivity contribution is -0.137. The van der Waals surface area contributed by atoms with Crippen LogP contribution in [-0.2, 0) is 9.59 Å². The molecular formula is C15H16N2O6. The summed E-state index contributed by atoms with van der Waals surface area (Å²) in [5.41, 5.74) is 0.300. The standard InChI is InChI=1S/C15H16N2O6/c1-2-23-12-4-3-9(7-10(12)15(21)22)16-11-8-13(19)17(5-6-18)14(11)20/h3-4,7-8,16,18H,2,5-6H2,1H3,(H,21,22). The highest BCUT2D eigenvalue weighted by molar-refractivity contribution is 6.17. The fraction of sp³-hybridized carbons (Fsp3) is 0.267. The Labute approximate surface area is 132 Å². The Morgan fingerprint density at radius 1 is 1.35 bits per heavy atom. The predicted molar refractivity (Wildman–Crippen MR) is 80.1 cm³/mol. The van der Waals surface area contributed by atoms with Crippen LogP contribution in [0.1, 0.15) is 17.3 Å². The van der Waals surface area contributed by atoms with Crippen LogP contribution >= 0.6 is 0 Å². The topological polar surface area (TPSA) is 116 Å². The molecule has 0 unspecified atom stereocenters. The number of β-amino-alcohol motifs (C(OH)–C–C–N with tert-alkyl or cyclic N) is 1. The molecule has 1 aromatic carbocycles. The van der Waals surface area contributed by atoms with Crippen molar-refractivity contribution in [3.63, 3.8) is 0 Å². The largest absolute Gasteiger partial charge is 0.493 e. The molecule has 2 amide bonds. The lowest BCUT2D eigenvalue weighted by atomic mass is 10.1. The number of carboxylic acids is 1. The monoisotopic (exact) mass is 320 g/mol. The first kappa shape index (κ1) is 16.5. The van der Waals surface area contributed by atoms with Gasteiger partial charge in [-0.1, -0.05) is 0 Å². The molecule has 0 saturated heterocycles. The molecule has 0 radical (unpaired) electrons. The zero-order valence-electron chi connectivity index (χ0n) is 12.4. The molecule has 0 atom stereocenters. The number of aliphatic hydroxyl groups excluding tert-OH is 1. The molecule has 2 rings (SSSR count). The van der Waals surface area contributed by atoms with Crippen LogP contribution < -0.4 is 10.1 Å². The molecule has 1 aliphatic heterocycles. The molecule has 0 bridgehead atoms. The molecule has 1 heterocycles. The van der Waals surface area contributed by atoms with Crippen molar-refractivity contribution in [3.8, 4) is 5.75 Å². The number of ether oxygens (including phenoxy) is 1. The van der Waals surface area contributed by atoms with E-state index in [9.17, 15) is 19.5 Å². The van der Waals surface area contributed by atoms with E-state index in [4.69, 9.17) is 9.84 Å². The number of nitrogens with zero attached hydrogens (tertiary/aromatic N) is 1. The van der Waals surface area contributed by atoms with Crippen molar-refractivity contribution >= 4 is 23.5 Å². The van der Waals surface area contributed by atoms with E-state index in [-0.39, 0.29) is 30.2 Å². The maximum atomic E-state index is 12.0. The first-order valence-electron chi connectivity index (χ1n) is 6.93. The van der Waals surface area contributed by atoms with Gasteiger partial charge in [0, 0.05) is 11.8 Å². The van der Waals surface area contributed by atoms with Crippen molar-refractivity contribution in [1.82, 2.24) is 4.90 Å². The van der Waals surface area contributed by atoms with Gasteiger partial charge in [-0.15, -0.1) is 0 Å². The highest BCUT2D eigenvalue weighted by atomic mass is 16.5. The lowest BCUT2D eigenvalue weighted by Crippen LogP contribution is -2.34. The number of carboxylic acid groups (broad SMARTS) is 1. The van der Waals surface area contributed by atoms with E-state index in [0.717, 1.165) is 11.0 Å². The summed E-state index contributed by atoms with van der Waals surface area (Å²) in [4.78, 5) is 35.8. The fourth-order valence-corrected chi connectivity index (χ4v) is 2.12. The van der Waals surface area contributed by atoms with E-state index >= 15 is 0 Å². The molecule has 0 fully saturated rings. The second kappa shape index (κ2) is 6.93. The molecule has 23 heavy (non-hydrogen) atoms. The van der Waals surface area contributed by atoms with E-state index in [2.05, 4.69) is 5.32 Å². The van der Waals surface area contributed by atoms with E-state index in [1.165, 1.54) is 12.1 Å². The molecule has 3 N–H and O–H groups in total. The third kappa shape index (κ3) is 3.49. The van der Waals surface area contributed by atoms with Gasteiger partial charge in [-0.3, -0.25) is 14.5 Å². The third-order valence-electron chi connectivity index (χ3n) is 3.12.